The molecule has 0 unspecified atom stereocenters. The number of hydrogen-bond acceptors (Lipinski definition) is 9. The second-order valence-electron chi connectivity index (χ2n) is 20.5. The van der Waals surface area contributed by atoms with Gasteiger partial charge in [0.1, 0.15) is 0 Å². The van der Waals surface area contributed by atoms with E-state index < -0.39 is 29.9 Å². The number of rotatable bonds is 7. The first-order valence-corrected chi connectivity index (χ1v) is 20.3. The fraction of sp³-hybridized carbons (Fsp3) is 0.976. The SMILES string of the molecule is CC(=O)O[C@@H]([C@H]1C[C@@H](C)[C@H]2[C@H](O1)[C@H](O)[C@@]1(C)[C@@H]3CC[C@H]4C(C)(C)[C@@H](O[C@H]5CN(CC6CN(C)C6)CCO5)CC[C@@]45C[C@@]35CC[C@]21C)C(C)(C)O. The summed E-state index contributed by atoms with van der Waals surface area (Å²) in [4.78, 5) is 17.1. The van der Waals surface area contributed by atoms with E-state index >= 15 is 0 Å². The molecule has 8 fully saturated rings. The van der Waals surface area contributed by atoms with Crippen LogP contribution < -0.4 is 0 Å². The highest BCUT2D eigenvalue weighted by Crippen LogP contribution is 2.89. The van der Waals surface area contributed by atoms with Crippen LogP contribution in [0.4, 0.5) is 0 Å². The number of nitrogens with zero attached hydrogens (tertiary/aromatic N) is 2. The summed E-state index contributed by atoms with van der Waals surface area (Å²) >= 11 is 0. The molecule has 5 aliphatic carbocycles. The number of hydrogen-bond donors (Lipinski definition) is 2. The van der Waals surface area contributed by atoms with Gasteiger partial charge in [0.05, 0.1) is 36.6 Å². The van der Waals surface area contributed by atoms with Crippen molar-refractivity contribution in [3.8, 4) is 0 Å². The second kappa shape index (κ2) is 11.8. The number of fused-ring (bicyclic) bond motifs is 4. The van der Waals surface area contributed by atoms with Crippen LogP contribution in [0.2, 0.25) is 0 Å². The molecule has 14 atom stereocenters. The van der Waals surface area contributed by atoms with Gasteiger partial charge in [0.25, 0.3) is 0 Å². The van der Waals surface area contributed by atoms with Gasteiger partial charge in [-0.2, -0.15) is 0 Å². The van der Waals surface area contributed by atoms with Crippen LogP contribution in [0.1, 0.15) is 107 Å². The van der Waals surface area contributed by atoms with E-state index in [-0.39, 0.29) is 52.0 Å². The molecule has 3 aliphatic heterocycles. The number of likely N-dealkylation sites (tertiary alicyclic amines) is 1. The van der Waals surface area contributed by atoms with Gasteiger partial charge >= 0.3 is 5.97 Å². The van der Waals surface area contributed by atoms with Crippen molar-refractivity contribution in [1.29, 1.82) is 0 Å². The van der Waals surface area contributed by atoms with E-state index in [0.717, 1.165) is 51.4 Å². The summed E-state index contributed by atoms with van der Waals surface area (Å²) in [6, 6.07) is 0. The molecule has 0 bridgehead atoms. The monoisotopic (exact) mass is 701 g/mol. The van der Waals surface area contributed by atoms with Crippen molar-refractivity contribution in [3.05, 3.63) is 0 Å². The Morgan fingerprint density at radius 2 is 1.72 bits per heavy atom. The predicted octanol–water partition coefficient (Wildman–Crippen LogP) is 5.11. The molecule has 9 heteroatoms. The summed E-state index contributed by atoms with van der Waals surface area (Å²) in [6.45, 7) is 23.2. The Balaban J connectivity index is 0.999. The molecule has 3 heterocycles. The summed E-state index contributed by atoms with van der Waals surface area (Å²) in [5, 5.41) is 23.7. The third-order valence-electron chi connectivity index (χ3n) is 17.2. The number of aliphatic hydroxyl groups excluding tert-OH is 1. The second-order valence-corrected chi connectivity index (χ2v) is 20.5. The van der Waals surface area contributed by atoms with E-state index in [1.807, 2.05) is 0 Å². The summed E-state index contributed by atoms with van der Waals surface area (Å²) in [6.07, 6.45) is 6.88. The number of carbonyl (C=O) groups is 1. The lowest BCUT2D eigenvalue weighted by Gasteiger charge is -2.64. The maximum atomic E-state index is 12.6. The van der Waals surface area contributed by atoms with Crippen molar-refractivity contribution in [1.82, 2.24) is 9.80 Å². The third kappa shape index (κ3) is 5.05. The highest BCUT2D eigenvalue weighted by atomic mass is 16.7. The molecule has 8 rings (SSSR count). The van der Waals surface area contributed by atoms with E-state index in [1.165, 1.54) is 45.7 Å². The molecular formula is C41H68N2O7. The zero-order chi connectivity index (χ0) is 35.8. The van der Waals surface area contributed by atoms with Crippen molar-refractivity contribution in [2.75, 3.05) is 46.4 Å². The Bertz CT molecular complexity index is 1330. The largest absolute Gasteiger partial charge is 0.457 e. The minimum atomic E-state index is -1.25. The van der Waals surface area contributed by atoms with E-state index in [0.29, 0.717) is 23.7 Å². The summed E-state index contributed by atoms with van der Waals surface area (Å²) in [7, 11) is 2.21. The van der Waals surface area contributed by atoms with Gasteiger partial charge < -0.3 is 34.1 Å². The fourth-order valence-corrected chi connectivity index (χ4v) is 15.0. The van der Waals surface area contributed by atoms with E-state index in [4.69, 9.17) is 18.9 Å². The minimum absolute atomic E-state index is 0.0470. The zero-order valence-electron chi connectivity index (χ0n) is 32.6. The molecule has 3 saturated heterocycles. The number of aliphatic hydroxyl groups is 2. The van der Waals surface area contributed by atoms with Crippen molar-refractivity contribution in [2.24, 2.45) is 56.7 Å². The van der Waals surface area contributed by atoms with Gasteiger partial charge in [0, 0.05) is 45.1 Å². The van der Waals surface area contributed by atoms with Gasteiger partial charge in [0.15, 0.2) is 12.4 Å². The minimum Gasteiger partial charge on any atom is -0.457 e. The van der Waals surface area contributed by atoms with Crippen LogP contribution in [0, 0.1) is 56.7 Å². The quantitative estimate of drug-likeness (QED) is 0.351. The topological polar surface area (TPSA) is 101 Å². The lowest BCUT2D eigenvalue weighted by molar-refractivity contribution is -0.249. The highest BCUT2D eigenvalue weighted by molar-refractivity contribution is 5.66. The molecule has 284 valence electrons. The number of ether oxygens (including phenoxy) is 4. The Morgan fingerprint density at radius 1 is 1.02 bits per heavy atom. The first-order valence-electron chi connectivity index (χ1n) is 20.3. The molecule has 0 aromatic rings. The van der Waals surface area contributed by atoms with Crippen LogP contribution >= 0.6 is 0 Å². The van der Waals surface area contributed by atoms with Crippen molar-refractivity contribution in [3.63, 3.8) is 0 Å². The maximum absolute atomic E-state index is 12.6. The van der Waals surface area contributed by atoms with Crippen molar-refractivity contribution < 1.29 is 34.0 Å². The molecule has 8 aliphatic rings. The first-order chi connectivity index (χ1) is 23.4. The lowest BCUT2D eigenvalue weighted by Crippen LogP contribution is -2.60. The molecular weight excluding hydrogens is 632 g/mol. The van der Waals surface area contributed by atoms with Crippen LogP contribution in [0.3, 0.4) is 0 Å². The number of morpholine rings is 1. The van der Waals surface area contributed by atoms with Crippen LogP contribution in [0.25, 0.3) is 0 Å². The van der Waals surface area contributed by atoms with Crippen molar-refractivity contribution in [2.45, 2.75) is 149 Å². The molecule has 0 aromatic heterocycles. The van der Waals surface area contributed by atoms with Gasteiger partial charge in [-0.25, -0.2) is 0 Å². The Kier molecular flexibility index (Phi) is 8.57. The first kappa shape index (κ1) is 36.2. The summed E-state index contributed by atoms with van der Waals surface area (Å²) in [5.41, 5.74) is -0.910. The van der Waals surface area contributed by atoms with Crippen molar-refractivity contribution >= 4 is 5.97 Å². The Hall–Kier alpha value is -0.810. The molecule has 0 radical (unpaired) electrons. The molecule has 9 nitrogen and oxygen atoms in total. The number of esters is 1. The van der Waals surface area contributed by atoms with E-state index in [9.17, 15) is 15.0 Å². The molecule has 2 N–H and O–H groups in total. The maximum Gasteiger partial charge on any atom is 0.303 e. The van der Waals surface area contributed by atoms with Crippen LogP contribution in [-0.4, -0.2) is 115 Å². The zero-order valence-corrected chi connectivity index (χ0v) is 32.6. The summed E-state index contributed by atoms with van der Waals surface area (Å²) < 4.78 is 25.8. The van der Waals surface area contributed by atoms with Gasteiger partial charge in [-0.3, -0.25) is 9.69 Å². The van der Waals surface area contributed by atoms with Gasteiger partial charge in [-0.15, -0.1) is 0 Å². The van der Waals surface area contributed by atoms with Crippen LogP contribution in [0.5, 0.6) is 0 Å². The Labute approximate surface area is 301 Å². The van der Waals surface area contributed by atoms with Crippen LogP contribution in [-0.2, 0) is 23.7 Å². The van der Waals surface area contributed by atoms with E-state index in [1.54, 1.807) is 13.8 Å². The molecule has 0 aromatic carbocycles. The van der Waals surface area contributed by atoms with E-state index in [2.05, 4.69) is 51.5 Å². The molecule has 0 amide bonds. The summed E-state index contributed by atoms with van der Waals surface area (Å²) in [5.74, 6) is 1.92. The lowest BCUT2D eigenvalue weighted by atomic mass is 9.41. The van der Waals surface area contributed by atoms with Crippen LogP contribution in [0.15, 0.2) is 0 Å². The third-order valence-corrected chi connectivity index (χ3v) is 17.2. The highest BCUT2D eigenvalue weighted by Gasteiger charge is 2.84. The Morgan fingerprint density at radius 3 is 2.40 bits per heavy atom. The smallest absolute Gasteiger partial charge is 0.303 e. The fourth-order valence-electron chi connectivity index (χ4n) is 15.0. The van der Waals surface area contributed by atoms with Gasteiger partial charge in [-0.1, -0.05) is 34.6 Å². The molecule has 2 spiro atoms. The number of carbonyl (C=O) groups excluding carboxylic acids is 1. The average molecular weight is 701 g/mol. The average Bonchev–Trinajstić information content (AvgIpc) is 3.65. The predicted molar refractivity (Wildman–Crippen MR) is 190 cm³/mol. The van der Waals surface area contributed by atoms with Gasteiger partial charge in [0.2, 0.25) is 0 Å². The van der Waals surface area contributed by atoms with Gasteiger partial charge in [-0.05, 0) is 124 Å². The molecule has 5 saturated carbocycles. The molecule has 50 heavy (non-hydrogen) atoms. The normalized spacial score (nSPS) is 50.9. The standard InChI is InChI=1S/C41H68N2O7/c1-24-18-27(35(37(5,6)46)48-25(2)44)49-33-32(24)38(7)14-15-41-23-40(41)13-12-30(36(3,4)28(40)10-11-29(41)39(38,8)34(33)45)50-31-22-43(16-17-47-31)21-26-19-42(9)20-26/h24,26-35,45-46H,10-23H2,1-9H3/t24-,27-,28+,29+,30+,31+,32+,33+,34+,35+,38-,39-,40-,41+/m1/s1.